The molecule has 5 heteroatoms. The van der Waals surface area contributed by atoms with E-state index in [1.807, 2.05) is 0 Å². The van der Waals surface area contributed by atoms with Crippen molar-refractivity contribution in [1.82, 2.24) is 5.32 Å². The van der Waals surface area contributed by atoms with Crippen molar-refractivity contribution in [2.45, 2.75) is 18.4 Å². The van der Waals surface area contributed by atoms with Crippen LogP contribution in [0.3, 0.4) is 0 Å². The molecular formula is C10H20N2O3. The summed E-state index contributed by atoms with van der Waals surface area (Å²) in [4.78, 5) is 11.4. The predicted octanol–water partition coefficient (Wildman–Crippen LogP) is -0.497. The van der Waals surface area contributed by atoms with E-state index in [9.17, 15) is 4.79 Å². The lowest BCUT2D eigenvalue weighted by atomic mass is 9.93. The van der Waals surface area contributed by atoms with Gasteiger partial charge in [-0.25, -0.2) is 0 Å². The third-order valence-electron chi connectivity index (χ3n) is 2.92. The van der Waals surface area contributed by atoms with E-state index in [0.29, 0.717) is 25.7 Å². The highest BCUT2D eigenvalue weighted by Gasteiger charge is 2.49. The van der Waals surface area contributed by atoms with Crippen LogP contribution in [0.4, 0.5) is 0 Å². The van der Waals surface area contributed by atoms with Crippen molar-refractivity contribution >= 4 is 5.91 Å². The Labute approximate surface area is 90.3 Å². The summed E-state index contributed by atoms with van der Waals surface area (Å²) in [6.45, 7) is 1.34. The molecule has 0 aliphatic heterocycles. The number of primary amides is 1. The molecule has 1 unspecified atom stereocenters. The zero-order valence-electron chi connectivity index (χ0n) is 9.41. The summed E-state index contributed by atoms with van der Waals surface area (Å²) in [5.41, 5.74) is 4.74. The summed E-state index contributed by atoms with van der Waals surface area (Å²) in [6, 6.07) is 0. The number of nitrogens with one attached hydrogen (secondary N) is 1. The van der Waals surface area contributed by atoms with Crippen LogP contribution in [0.5, 0.6) is 0 Å². The van der Waals surface area contributed by atoms with Gasteiger partial charge in [0.15, 0.2) is 0 Å². The summed E-state index contributed by atoms with van der Waals surface area (Å²) < 4.78 is 10.3. The zero-order valence-corrected chi connectivity index (χ0v) is 9.41. The Morgan fingerprint density at radius 3 is 2.60 bits per heavy atom. The van der Waals surface area contributed by atoms with E-state index in [4.69, 9.17) is 15.2 Å². The Hall–Kier alpha value is -0.650. The van der Waals surface area contributed by atoms with Gasteiger partial charge in [0.2, 0.25) is 5.91 Å². The maximum absolute atomic E-state index is 11.4. The molecule has 3 N–H and O–H groups in total. The van der Waals surface area contributed by atoms with E-state index < -0.39 is 5.54 Å². The molecule has 1 fully saturated rings. The number of rotatable bonds is 8. The first-order valence-electron chi connectivity index (χ1n) is 5.23. The smallest absolute Gasteiger partial charge is 0.240 e. The first-order chi connectivity index (χ1) is 7.17. The van der Waals surface area contributed by atoms with Gasteiger partial charge in [-0.2, -0.15) is 0 Å². The highest BCUT2D eigenvalue weighted by atomic mass is 16.5. The molecule has 0 heterocycles. The summed E-state index contributed by atoms with van der Waals surface area (Å²) in [5, 5.41) is 3.01. The second-order valence-corrected chi connectivity index (χ2v) is 3.91. The van der Waals surface area contributed by atoms with Gasteiger partial charge in [-0.15, -0.1) is 0 Å². The first-order valence-corrected chi connectivity index (χ1v) is 5.23. The number of carbonyl (C=O) groups excluding carboxylic acids is 1. The number of hydrogen-bond acceptors (Lipinski definition) is 4. The molecule has 0 aromatic carbocycles. The molecule has 1 rings (SSSR count). The monoisotopic (exact) mass is 216 g/mol. The van der Waals surface area contributed by atoms with Gasteiger partial charge >= 0.3 is 0 Å². The van der Waals surface area contributed by atoms with E-state index in [2.05, 4.69) is 5.32 Å². The SMILES string of the molecule is CNC(COCCOC)(C(N)=O)C1CC1. The Balaban J connectivity index is 2.44. The average Bonchev–Trinajstić information content (AvgIpc) is 3.02. The fourth-order valence-electron chi connectivity index (χ4n) is 1.74. The van der Waals surface area contributed by atoms with Gasteiger partial charge in [-0.3, -0.25) is 4.79 Å². The van der Waals surface area contributed by atoms with Crippen LogP contribution in [0.1, 0.15) is 12.8 Å². The molecule has 0 spiro atoms. The van der Waals surface area contributed by atoms with E-state index in [-0.39, 0.29) is 5.91 Å². The molecule has 1 aliphatic carbocycles. The highest BCUT2D eigenvalue weighted by Crippen LogP contribution is 2.39. The van der Waals surface area contributed by atoms with Crippen LogP contribution in [0.25, 0.3) is 0 Å². The standard InChI is InChI=1S/C10H20N2O3/c1-12-10(9(11)13,8-3-4-8)7-15-6-5-14-2/h8,12H,3-7H2,1-2H3,(H2,11,13). The van der Waals surface area contributed by atoms with Crippen molar-refractivity contribution in [1.29, 1.82) is 0 Å². The van der Waals surface area contributed by atoms with Gasteiger partial charge in [-0.05, 0) is 25.8 Å². The quantitative estimate of drug-likeness (QED) is 0.537. The van der Waals surface area contributed by atoms with Crippen LogP contribution >= 0.6 is 0 Å². The molecule has 0 saturated heterocycles. The van der Waals surface area contributed by atoms with Crippen molar-refractivity contribution in [2.75, 3.05) is 34.0 Å². The number of hydrogen-bond donors (Lipinski definition) is 2. The van der Waals surface area contributed by atoms with E-state index in [1.165, 1.54) is 0 Å². The summed E-state index contributed by atoms with van der Waals surface area (Å²) in [7, 11) is 3.37. The Morgan fingerprint density at radius 2 is 2.20 bits per heavy atom. The molecule has 1 saturated carbocycles. The summed E-state index contributed by atoms with van der Waals surface area (Å²) in [5.74, 6) is -0.00698. The topological polar surface area (TPSA) is 73.6 Å². The molecule has 1 amide bonds. The van der Waals surface area contributed by atoms with Crippen molar-refractivity contribution < 1.29 is 14.3 Å². The van der Waals surface area contributed by atoms with Gasteiger partial charge in [0.25, 0.3) is 0 Å². The lowest BCUT2D eigenvalue weighted by Crippen LogP contribution is -2.59. The number of methoxy groups -OCH3 is 1. The largest absolute Gasteiger partial charge is 0.382 e. The minimum absolute atomic E-state index is 0.322. The Morgan fingerprint density at radius 1 is 1.53 bits per heavy atom. The maximum atomic E-state index is 11.4. The van der Waals surface area contributed by atoms with Crippen LogP contribution in [-0.4, -0.2) is 45.4 Å². The van der Waals surface area contributed by atoms with Crippen molar-refractivity contribution in [3.8, 4) is 0 Å². The van der Waals surface area contributed by atoms with Crippen molar-refractivity contribution in [2.24, 2.45) is 11.7 Å². The fourth-order valence-corrected chi connectivity index (χ4v) is 1.74. The second kappa shape index (κ2) is 5.44. The molecule has 1 aliphatic rings. The Kier molecular flexibility index (Phi) is 4.50. The van der Waals surface area contributed by atoms with Crippen LogP contribution < -0.4 is 11.1 Å². The van der Waals surface area contributed by atoms with Gasteiger partial charge in [0, 0.05) is 7.11 Å². The van der Waals surface area contributed by atoms with E-state index >= 15 is 0 Å². The summed E-state index contributed by atoms with van der Waals surface area (Å²) >= 11 is 0. The first kappa shape index (κ1) is 12.4. The van der Waals surface area contributed by atoms with Crippen LogP contribution in [-0.2, 0) is 14.3 Å². The molecule has 88 valence electrons. The van der Waals surface area contributed by atoms with Gasteiger partial charge in [0.1, 0.15) is 5.54 Å². The molecule has 0 bridgehead atoms. The normalized spacial score (nSPS) is 19.9. The average molecular weight is 216 g/mol. The van der Waals surface area contributed by atoms with Gasteiger partial charge in [0.05, 0.1) is 19.8 Å². The lowest BCUT2D eigenvalue weighted by molar-refractivity contribution is -0.128. The van der Waals surface area contributed by atoms with Crippen molar-refractivity contribution in [3.05, 3.63) is 0 Å². The second-order valence-electron chi connectivity index (χ2n) is 3.91. The number of amides is 1. The Bertz CT molecular complexity index is 219. The minimum Gasteiger partial charge on any atom is -0.382 e. The highest BCUT2D eigenvalue weighted by molar-refractivity contribution is 5.85. The van der Waals surface area contributed by atoms with Crippen LogP contribution in [0.15, 0.2) is 0 Å². The summed E-state index contributed by atoms with van der Waals surface area (Å²) in [6.07, 6.45) is 2.08. The minimum atomic E-state index is -0.687. The zero-order chi connectivity index (χ0) is 11.3. The molecule has 0 aromatic heterocycles. The maximum Gasteiger partial charge on any atom is 0.240 e. The molecule has 0 aromatic rings. The molecule has 0 radical (unpaired) electrons. The number of ether oxygens (including phenoxy) is 2. The third kappa shape index (κ3) is 2.90. The van der Waals surface area contributed by atoms with Gasteiger partial charge < -0.3 is 20.5 Å². The molecule has 5 nitrogen and oxygen atoms in total. The van der Waals surface area contributed by atoms with E-state index in [0.717, 1.165) is 12.8 Å². The molecular weight excluding hydrogens is 196 g/mol. The van der Waals surface area contributed by atoms with E-state index in [1.54, 1.807) is 14.2 Å². The van der Waals surface area contributed by atoms with Crippen LogP contribution in [0, 0.1) is 5.92 Å². The number of likely N-dealkylation sites (N-methyl/N-ethyl adjacent to an activating group) is 1. The van der Waals surface area contributed by atoms with Crippen molar-refractivity contribution in [3.63, 3.8) is 0 Å². The molecule has 15 heavy (non-hydrogen) atoms. The van der Waals surface area contributed by atoms with Gasteiger partial charge in [-0.1, -0.05) is 0 Å². The number of nitrogens with two attached hydrogens (primary N) is 1. The third-order valence-corrected chi connectivity index (χ3v) is 2.92. The molecule has 1 atom stereocenters. The number of carbonyl (C=O) groups is 1. The predicted molar refractivity (Wildman–Crippen MR) is 56.4 cm³/mol. The fraction of sp³-hybridized carbons (Fsp3) is 0.900. The lowest BCUT2D eigenvalue weighted by Gasteiger charge is -2.29. The van der Waals surface area contributed by atoms with Crippen LogP contribution in [0.2, 0.25) is 0 Å².